The number of amides is 2. The van der Waals surface area contributed by atoms with E-state index in [1.165, 1.54) is 30.3 Å². The second-order valence-electron chi connectivity index (χ2n) is 6.44. The maximum atomic E-state index is 13.1. The van der Waals surface area contributed by atoms with Gasteiger partial charge in [-0.05, 0) is 41.8 Å². The summed E-state index contributed by atoms with van der Waals surface area (Å²) < 4.78 is 13.1. The van der Waals surface area contributed by atoms with E-state index in [0.717, 1.165) is 0 Å². The van der Waals surface area contributed by atoms with Crippen LogP contribution in [0.2, 0.25) is 0 Å². The molecule has 1 atom stereocenters. The highest BCUT2D eigenvalue weighted by Gasteiger charge is 2.21. The van der Waals surface area contributed by atoms with Gasteiger partial charge in [-0.1, -0.05) is 44.2 Å². The highest BCUT2D eigenvalue weighted by Crippen LogP contribution is 2.10. The number of halogens is 1. The molecule has 146 valence electrons. The molecule has 0 bridgehead atoms. The first-order valence-electron chi connectivity index (χ1n) is 8.63. The summed E-state index contributed by atoms with van der Waals surface area (Å²) in [5.41, 5.74) is 0.599. The summed E-state index contributed by atoms with van der Waals surface area (Å²) in [5.74, 6) is -3.65. The van der Waals surface area contributed by atoms with Gasteiger partial charge >= 0.3 is 0 Å². The van der Waals surface area contributed by atoms with Crippen LogP contribution in [0.5, 0.6) is 0 Å². The lowest BCUT2D eigenvalue weighted by Gasteiger charge is -2.24. The number of nitrogens with one attached hydrogen (secondary N) is 2. The van der Waals surface area contributed by atoms with Crippen molar-refractivity contribution in [1.82, 2.24) is 10.6 Å². The van der Waals surface area contributed by atoms with Crippen LogP contribution in [0.25, 0.3) is 6.08 Å². The van der Waals surface area contributed by atoms with Crippen LogP contribution >= 0.6 is 0 Å². The van der Waals surface area contributed by atoms with Gasteiger partial charge in [0.05, 0.1) is 12.0 Å². The molecule has 0 aromatic heterocycles. The van der Waals surface area contributed by atoms with Crippen LogP contribution in [-0.4, -0.2) is 23.8 Å². The molecule has 0 spiro atoms. The fraction of sp³-hybridized carbons (Fsp3) is 0.190. The van der Waals surface area contributed by atoms with Crippen molar-refractivity contribution < 1.29 is 23.9 Å². The van der Waals surface area contributed by atoms with E-state index in [1.807, 2.05) is 0 Å². The minimum absolute atomic E-state index is 0.174. The molecule has 0 aliphatic rings. The Morgan fingerprint density at radius 1 is 1.00 bits per heavy atom. The molecule has 2 amide bonds. The summed E-state index contributed by atoms with van der Waals surface area (Å²) in [5, 5.41) is 16.1. The number of rotatable bonds is 7. The predicted octanol–water partition coefficient (Wildman–Crippen LogP) is 1.49. The molecule has 2 rings (SSSR count). The van der Waals surface area contributed by atoms with Crippen LogP contribution in [-0.2, 0) is 9.59 Å². The molecule has 0 saturated heterocycles. The zero-order valence-corrected chi connectivity index (χ0v) is 15.4. The predicted molar refractivity (Wildman–Crippen MR) is 100 cm³/mol. The Balaban J connectivity index is 2.32. The zero-order chi connectivity index (χ0) is 20.7. The Morgan fingerprint density at radius 3 is 2.14 bits per heavy atom. The minimum atomic E-state index is -1.43. The Bertz CT molecular complexity index is 877. The molecule has 0 fully saturated rings. The van der Waals surface area contributed by atoms with Crippen molar-refractivity contribution in [3.63, 3.8) is 0 Å². The van der Waals surface area contributed by atoms with Crippen LogP contribution in [0.3, 0.4) is 0 Å². The van der Waals surface area contributed by atoms with E-state index in [0.29, 0.717) is 11.1 Å². The lowest BCUT2D eigenvalue weighted by molar-refractivity contribution is -0.309. The van der Waals surface area contributed by atoms with E-state index in [1.54, 1.807) is 44.2 Å². The van der Waals surface area contributed by atoms with Crippen LogP contribution in [0.1, 0.15) is 29.8 Å². The third kappa shape index (κ3) is 5.77. The average molecular weight is 383 g/mol. The lowest BCUT2D eigenvalue weighted by Crippen LogP contribution is -2.52. The summed E-state index contributed by atoms with van der Waals surface area (Å²) in [6.07, 6.45) is 1.34. The summed E-state index contributed by atoms with van der Waals surface area (Å²) in [6.45, 7) is 3.24. The third-order valence-electron chi connectivity index (χ3n) is 3.92. The molecule has 0 heterocycles. The monoisotopic (exact) mass is 383 g/mol. The SMILES string of the molecule is CC(C)[C@@H](NC(=O)/C(=C/c1ccc(F)cc1)NC(=O)c1ccccc1)C(=O)[O-]. The van der Waals surface area contributed by atoms with Gasteiger partial charge in [0.2, 0.25) is 0 Å². The number of hydrogen-bond donors (Lipinski definition) is 2. The van der Waals surface area contributed by atoms with Crippen molar-refractivity contribution in [2.75, 3.05) is 0 Å². The van der Waals surface area contributed by atoms with E-state index in [4.69, 9.17) is 0 Å². The summed E-state index contributed by atoms with van der Waals surface area (Å²) in [4.78, 5) is 36.3. The Labute approximate surface area is 162 Å². The number of aliphatic carboxylic acids is 1. The molecule has 2 aromatic rings. The first-order chi connectivity index (χ1) is 13.3. The summed E-state index contributed by atoms with van der Waals surface area (Å²) >= 11 is 0. The van der Waals surface area contributed by atoms with Crippen molar-refractivity contribution in [3.05, 3.63) is 77.2 Å². The number of carboxylic acids is 1. The van der Waals surface area contributed by atoms with Gasteiger partial charge in [0.15, 0.2) is 0 Å². The topological polar surface area (TPSA) is 98.3 Å². The van der Waals surface area contributed by atoms with Crippen molar-refractivity contribution in [2.45, 2.75) is 19.9 Å². The Hall–Kier alpha value is -3.48. The average Bonchev–Trinajstić information content (AvgIpc) is 2.67. The number of carbonyl (C=O) groups excluding carboxylic acids is 3. The molecular formula is C21H20FN2O4-. The van der Waals surface area contributed by atoms with Crippen LogP contribution in [0, 0.1) is 11.7 Å². The number of hydrogen-bond acceptors (Lipinski definition) is 4. The smallest absolute Gasteiger partial charge is 0.268 e. The van der Waals surface area contributed by atoms with Crippen molar-refractivity contribution in [1.29, 1.82) is 0 Å². The van der Waals surface area contributed by atoms with Gasteiger partial charge in [0, 0.05) is 5.56 Å². The molecule has 0 aliphatic carbocycles. The Kier molecular flexibility index (Phi) is 7.03. The van der Waals surface area contributed by atoms with Crippen LogP contribution in [0.15, 0.2) is 60.3 Å². The molecular weight excluding hydrogens is 363 g/mol. The van der Waals surface area contributed by atoms with E-state index in [2.05, 4.69) is 10.6 Å². The zero-order valence-electron chi connectivity index (χ0n) is 15.4. The second kappa shape index (κ2) is 9.45. The lowest BCUT2D eigenvalue weighted by atomic mass is 10.0. The quantitative estimate of drug-likeness (QED) is 0.708. The second-order valence-corrected chi connectivity index (χ2v) is 6.44. The van der Waals surface area contributed by atoms with Crippen LogP contribution < -0.4 is 15.7 Å². The molecule has 2 aromatic carbocycles. The highest BCUT2D eigenvalue weighted by atomic mass is 19.1. The van der Waals surface area contributed by atoms with Gasteiger partial charge < -0.3 is 20.5 Å². The van der Waals surface area contributed by atoms with E-state index >= 15 is 0 Å². The first kappa shape index (κ1) is 20.8. The molecule has 28 heavy (non-hydrogen) atoms. The molecule has 7 heteroatoms. The maximum absolute atomic E-state index is 13.1. The third-order valence-corrected chi connectivity index (χ3v) is 3.92. The van der Waals surface area contributed by atoms with Crippen molar-refractivity contribution >= 4 is 23.9 Å². The number of benzene rings is 2. The molecule has 0 radical (unpaired) electrons. The van der Waals surface area contributed by atoms with Gasteiger partial charge in [-0.2, -0.15) is 0 Å². The van der Waals surface area contributed by atoms with E-state index in [9.17, 15) is 23.9 Å². The fourth-order valence-corrected chi connectivity index (χ4v) is 2.38. The minimum Gasteiger partial charge on any atom is -0.548 e. The molecule has 0 saturated carbocycles. The Morgan fingerprint density at radius 2 is 1.61 bits per heavy atom. The maximum Gasteiger partial charge on any atom is 0.268 e. The van der Waals surface area contributed by atoms with E-state index in [-0.39, 0.29) is 5.70 Å². The van der Waals surface area contributed by atoms with Gasteiger partial charge in [-0.15, -0.1) is 0 Å². The summed E-state index contributed by atoms with van der Waals surface area (Å²) in [6, 6.07) is 12.3. The first-order valence-corrected chi connectivity index (χ1v) is 8.63. The number of carbonyl (C=O) groups is 3. The van der Waals surface area contributed by atoms with Gasteiger partial charge in [-0.25, -0.2) is 4.39 Å². The fourth-order valence-electron chi connectivity index (χ4n) is 2.38. The van der Waals surface area contributed by atoms with Crippen molar-refractivity contribution in [3.8, 4) is 0 Å². The van der Waals surface area contributed by atoms with Gasteiger partial charge in [-0.3, -0.25) is 9.59 Å². The highest BCUT2D eigenvalue weighted by molar-refractivity contribution is 6.06. The molecule has 2 N–H and O–H groups in total. The van der Waals surface area contributed by atoms with Crippen LogP contribution in [0.4, 0.5) is 4.39 Å². The molecule has 6 nitrogen and oxygen atoms in total. The number of carboxylic acid groups (broad SMARTS) is 1. The van der Waals surface area contributed by atoms with E-state index < -0.39 is 35.6 Å². The van der Waals surface area contributed by atoms with Gasteiger partial charge in [0.1, 0.15) is 11.5 Å². The van der Waals surface area contributed by atoms with Gasteiger partial charge in [0.25, 0.3) is 11.8 Å². The normalized spacial score (nSPS) is 12.4. The standard InChI is InChI=1S/C21H21FN2O4/c1-13(2)18(21(27)28)24-20(26)17(12-14-8-10-16(22)11-9-14)23-19(25)15-6-4-3-5-7-15/h3-13,18H,1-2H3,(H,23,25)(H,24,26)(H,27,28)/p-1/b17-12-/t18-/m1/s1. The summed E-state index contributed by atoms with van der Waals surface area (Å²) in [7, 11) is 0. The largest absolute Gasteiger partial charge is 0.548 e. The molecule has 0 unspecified atom stereocenters. The molecule has 0 aliphatic heterocycles. The van der Waals surface area contributed by atoms with Crippen molar-refractivity contribution in [2.24, 2.45) is 5.92 Å².